The Bertz CT molecular complexity index is 492. The van der Waals surface area contributed by atoms with Gasteiger partial charge in [-0.2, -0.15) is 4.98 Å². The molecular formula is C13H16N2O3. The van der Waals surface area contributed by atoms with Gasteiger partial charge >= 0.3 is 0 Å². The number of nitrogens with zero attached hydrogens (tertiary/aromatic N) is 2. The van der Waals surface area contributed by atoms with Crippen molar-refractivity contribution < 1.29 is 14.0 Å². The molecule has 2 unspecified atom stereocenters. The normalized spacial score (nSPS) is 24.3. The molecular weight excluding hydrogens is 232 g/mol. The first-order valence-corrected chi connectivity index (χ1v) is 6.37. The van der Waals surface area contributed by atoms with Crippen LogP contribution in [0.4, 0.5) is 0 Å². The number of rotatable bonds is 3. The van der Waals surface area contributed by atoms with E-state index < -0.39 is 0 Å². The first kappa shape index (κ1) is 11.5. The topological polar surface area (TPSA) is 72.3 Å². The predicted octanol–water partition coefficient (Wildman–Crippen LogP) is 2.42. The van der Waals surface area contributed by atoms with E-state index in [0.29, 0.717) is 23.9 Å². The van der Waals surface area contributed by atoms with Gasteiger partial charge in [0.2, 0.25) is 11.7 Å². The average molecular weight is 248 g/mol. The molecule has 1 saturated carbocycles. The summed E-state index contributed by atoms with van der Waals surface area (Å²) in [6.07, 6.45) is 6.17. The molecule has 2 heterocycles. The van der Waals surface area contributed by atoms with E-state index in [0.717, 1.165) is 19.3 Å². The number of aromatic nitrogens is 2. The smallest absolute Gasteiger partial charge is 0.238 e. The number of hydrogen-bond acceptors (Lipinski definition) is 5. The van der Waals surface area contributed by atoms with Crippen LogP contribution in [0.2, 0.25) is 0 Å². The maximum absolute atomic E-state index is 9.91. The lowest BCUT2D eigenvalue weighted by molar-refractivity contribution is 0.0657. The van der Waals surface area contributed by atoms with Crippen molar-refractivity contribution in [2.75, 3.05) is 0 Å². The predicted molar refractivity (Wildman–Crippen MR) is 63.7 cm³/mol. The summed E-state index contributed by atoms with van der Waals surface area (Å²) >= 11 is 0. The van der Waals surface area contributed by atoms with E-state index in [4.69, 9.17) is 8.94 Å². The maximum atomic E-state index is 9.91. The molecule has 1 aliphatic carbocycles. The molecule has 0 bridgehead atoms. The number of hydrogen-bond donors (Lipinski definition) is 1. The summed E-state index contributed by atoms with van der Waals surface area (Å²) in [5.41, 5.74) is 0. The third kappa shape index (κ3) is 2.31. The van der Waals surface area contributed by atoms with Crippen LogP contribution in [0.1, 0.15) is 31.6 Å². The number of furan rings is 1. The second-order valence-corrected chi connectivity index (χ2v) is 4.81. The molecule has 0 aromatic carbocycles. The third-order valence-electron chi connectivity index (χ3n) is 3.52. The molecule has 0 amide bonds. The molecule has 0 saturated heterocycles. The summed E-state index contributed by atoms with van der Waals surface area (Å²) < 4.78 is 10.4. The van der Waals surface area contributed by atoms with Crippen molar-refractivity contribution in [1.29, 1.82) is 0 Å². The van der Waals surface area contributed by atoms with Gasteiger partial charge in [0.15, 0.2) is 5.76 Å². The molecule has 1 fully saturated rings. The van der Waals surface area contributed by atoms with E-state index in [-0.39, 0.29) is 12.0 Å². The second-order valence-electron chi connectivity index (χ2n) is 4.81. The zero-order chi connectivity index (χ0) is 12.4. The molecule has 1 aliphatic rings. The molecule has 96 valence electrons. The zero-order valence-corrected chi connectivity index (χ0v) is 10.1. The summed E-state index contributed by atoms with van der Waals surface area (Å²) in [5.74, 6) is 1.89. The van der Waals surface area contributed by atoms with Crippen LogP contribution in [0.3, 0.4) is 0 Å². The van der Waals surface area contributed by atoms with E-state index in [9.17, 15) is 5.11 Å². The zero-order valence-electron chi connectivity index (χ0n) is 10.1. The highest BCUT2D eigenvalue weighted by atomic mass is 16.5. The summed E-state index contributed by atoms with van der Waals surface area (Å²) in [4.78, 5) is 4.30. The van der Waals surface area contributed by atoms with Gasteiger partial charge in [-0.1, -0.05) is 18.0 Å². The van der Waals surface area contributed by atoms with Crippen LogP contribution in [0, 0.1) is 5.92 Å². The van der Waals surface area contributed by atoms with Gasteiger partial charge in [-0.15, -0.1) is 0 Å². The van der Waals surface area contributed by atoms with Crippen LogP contribution in [-0.4, -0.2) is 21.4 Å². The lowest BCUT2D eigenvalue weighted by atomic mass is 9.84. The van der Waals surface area contributed by atoms with Crippen LogP contribution in [0.5, 0.6) is 0 Å². The van der Waals surface area contributed by atoms with Crippen molar-refractivity contribution in [1.82, 2.24) is 10.1 Å². The highest BCUT2D eigenvalue weighted by Gasteiger charge is 2.25. The molecule has 5 heteroatoms. The molecule has 0 spiro atoms. The first-order valence-electron chi connectivity index (χ1n) is 6.37. The Morgan fingerprint density at radius 1 is 1.33 bits per heavy atom. The average Bonchev–Trinajstić information content (AvgIpc) is 3.02. The fourth-order valence-electron chi connectivity index (χ4n) is 2.49. The monoisotopic (exact) mass is 248 g/mol. The van der Waals surface area contributed by atoms with Gasteiger partial charge in [0.1, 0.15) is 0 Å². The molecule has 2 aromatic rings. The van der Waals surface area contributed by atoms with Gasteiger partial charge in [0, 0.05) is 6.42 Å². The van der Waals surface area contributed by atoms with Crippen molar-refractivity contribution in [3.8, 4) is 11.6 Å². The fraction of sp³-hybridized carbons (Fsp3) is 0.538. The summed E-state index contributed by atoms with van der Waals surface area (Å²) in [5, 5.41) is 13.8. The standard InChI is InChI=1S/C13H16N2O3/c16-10-5-2-1-4-9(10)8-12-14-13(15-18-12)11-6-3-7-17-11/h3,6-7,9-10,16H,1-2,4-5,8H2. The molecule has 0 aliphatic heterocycles. The maximum Gasteiger partial charge on any atom is 0.238 e. The minimum atomic E-state index is -0.238. The lowest BCUT2D eigenvalue weighted by Gasteiger charge is -2.26. The van der Waals surface area contributed by atoms with E-state index in [1.807, 2.05) is 0 Å². The van der Waals surface area contributed by atoms with Crippen LogP contribution in [0.15, 0.2) is 27.3 Å². The van der Waals surface area contributed by atoms with Crippen LogP contribution in [0.25, 0.3) is 11.6 Å². The molecule has 1 N–H and O–H groups in total. The van der Waals surface area contributed by atoms with Crippen molar-refractivity contribution in [2.24, 2.45) is 5.92 Å². The fourth-order valence-corrected chi connectivity index (χ4v) is 2.49. The Kier molecular flexibility index (Phi) is 3.15. The van der Waals surface area contributed by atoms with Crippen molar-refractivity contribution in [2.45, 2.75) is 38.2 Å². The summed E-state index contributed by atoms with van der Waals surface area (Å²) in [7, 11) is 0. The highest BCUT2D eigenvalue weighted by molar-refractivity contribution is 5.44. The van der Waals surface area contributed by atoms with Gasteiger partial charge in [-0.25, -0.2) is 0 Å². The third-order valence-corrected chi connectivity index (χ3v) is 3.52. The molecule has 2 aromatic heterocycles. The Morgan fingerprint density at radius 2 is 2.22 bits per heavy atom. The van der Waals surface area contributed by atoms with E-state index in [1.165, 1.54) is 6.42 Å². The van der Waals surface area contributed by atoms with Gasteiger partial charge in [0.05, 0.1) is 12.4 Å². The van der Waals surface area contributed by atoms with E-state index >= 15 is 0 Å². The Balaban J connectivity index is 1.70. The van der Waals surface area contributed by atoms with Crippen molar-refractivity contribution >= 4 is 0 Å². The first-order chi connectivity index (χ1) is 8.83. The SMILES string of the molecule is OC1CCCCC1Cc1nc(-c2ccco2)no1. The Morgan fingerprint density at radius 3 is 3.00 bits per heavy atom. The number of aliphatic hydroxyl groups is 1. The van der Waals surface area contributed by atoms with Gasteiger partial charge < -0.3 is 14.0 Å². The van der Waals surface area contributed by atoms with E-state index in [2.05, 4.69) is 10.1 Å². The van der Waals surface area contributed by atoms with Crippen LogP contribution >= 0.6 is 0 Å². The van der Waals surface area contributed by atoms with Gasteiger partial charge in [-0.3, -0.25) is 0 Å². The largest absolute Gasteiger partial charge is 0.461 e. The molecule has 0 radical (unpaired) electrons. The lowest BCUT2D eigenvalue weighted by Crippen LogP contribution is -2.26. The van der Waals surface area contributed by atoms with E-state index in [1.54, 1.807) is 18.4 Å². The summed E-state index contributed by atoms with van der Waals surface area (Å²) in [6, 6.07) is 3.58. The quantitative estimate of drug-likeness (QED) is 0.903. The minimum absolute atomic E-state index is 0.238. The minimum Gasteiger partial charge on any atom is -0.461 e. The molecule has 2 atom stereocenters. The van der Waals surface area contributed by atoms with Crippen molar-refractivity contribution in [3.05, 3.63) is 24.3 Å². The second kappa shape index (κ2) is 4.94. The molecule has 5 nitrogen and oxygen atoms in total. The molecule has 3 rings (SSSR count). The Hall–Kier alpha value is -1.62. The van der Waals surface area contributed by atoms with Crippen LogP contribution in [-0.2, 0) is 6.42 Å². The van der Waals surface area contributed by atoms with Crippen molar-refractivity contribution in [3.63, 3.8) is 0 Å². The Labute approximate surface area is 105 Å². The van der Waals surface area contributed by atoms with Gasteiger partial charge in [-0.05, 0) is 30.9 Å². The highest BCUT2D eigenvalue weighted by Crippen LogP contribution is 2.27. The van der Waals surface area contributed by atoms with Crippen LogP contribution < -0.4 is 0 Å². The van der Waals surface area contributed by atoms with Gasteiger partial charge in [0.25, 0.3) is 0 Å². The number of aliphatic hydroxyl groups excluding tert-OH is 1. The molecule has 18 heavy (non-hydrogen) atoms. The summed E-state index contributed by atoms with van der Waals surface area (Å²) in [6.45, 7) is 0.